The lowest BCUT2D eigenvalue weighted by atomic mass is 10.1. The SMILES string of the molecule is CCN1CCC(CNc2snc(N)c2S(=O)(=O)CC)C1. The normalized spacial score (nSPS) is 20.4. The molecule has 1 aromatic heterocycles. The third-order valence-electron chi connectivity index (χ3n) is 3.73. The largest absolute Gasteiger partial charge is 0.382 e. The molecule has 2 heterocycles. The molecule has 114 valence electrons. The molecule has 0 bridgehead atoms. The molecule has 3 N–H and O–H groups in total. The predicted octanol–water partition coefficient (Wildman–Crippen LogP) is 1.27. The molecule has 0 aliphatic carbocycles. The van der Waals surface area contributed by atoms with Crippen molar-refractivity contribution in [2.75, 3.05) is 43.0 Å². The van der Waals surface area contributed by atoms with E-state index >= 15 is 0 Å². The number of hydrogen-bond acceptors (Lipinski definition) is 7. The van der Waals surface area contributed by atoms with Gasteiger partial charge in [-0.25, -0.2) is 8.42 Å². The van der Waals surface area contributed by atoms with Crippen molar-refractivity contribution in [1.82, 2.24) is 9.27 Å². The molecular weight excluding hydrogens is 296 g/mol. The van der Waals surface area contributed by atoms with Crippen molar-refractivity contribution in [3.8, 4) is 0 Å². The number of rotatable bonds is 6. The zero-order valence-electron chi connectivity index (χ0n) is 11.9. The Balaban J connectivity index is 2.04. The Hall–Kier alpha value is -0.860. The second-order valence-corrected chi connectivity index (χ2v) is 8.05. The van der Waals surface area contributed by atoms with Crippen molar-refractivity contribution in [3.05, 3.63) is 0 Å². The van der Waals surface area contributed by atoms with Gasteiger partial charge in [-0.2, -0.15) is 4.37 Å². The van der Waals surface area contributed by atoms with Crippen molar-refractivity contribution in [2.24, 2.45) is 5.92 Å². The molecule has 1 fully saturated rings. The molecule has 2 rings (SSSR count). The van der Waals surface area contributed by atoms with Gasteiger partial charge in [-0.3, -0.25) is 0 Å². The molecule has 0 aromatic carbocycles. The lowest BCUT2D eigenvalue weighted by Crippen LogP contribution is -2.22. The minimum absolute atomic E-state index is 0.0390. The zero-order valence-corrected chi connectivity index (χ0v) is 13.6. The van der Waals surface area contributed by atoms with Gasteiger partial charge in [-0.15, -0.1) is 0 Å². The minimum Gasteiger partial charge on any atom is -0.382 e. The van der Waals surface area contributed by atoms with Crippen LogP contribution in [-0.4, -0.2) is 49.6 Å². The highest BCUT2D eigenvalue weighted by Crippen LogP contribution is 2.32. The van der Waals surface area contributed by atoms with Crippen molar-refractivity contribution in [2.45, 2.75) is 25.2 Å². The highest BCUT2D eigenvalue weighted by Gasteiger charge is 2.26. The van der Waals surface area contributed by atoms with E-state index in [0.717, 1.165) is 44.1 Å². The number of nitrogens with one attached hydrogen (secondary N) is 1. The summed E-state index contributed by atoms with van der Waals surface area (Å²) in [6, 6.07) is 0. The fourth-order valence-electron chi connectivity index (χ4n) is 2.46. The first-order valence-corrected chi connectivity index (χ1v) is 9.34. The van der Waals surface area contributed by atoms with Gasteiger partial charge >= 0.3 is 0 Å². The van der Waals surface area contributed by atoms with Crippen LogP contribution in [0.1, 0.15) is 20.3 Å². The van der Waals surface area contributed by atoms with Crippen LogP contribution >= 0.6 is 11.5 Å². The molecule has 0 spiro atoms. The maximum absolute atomic E-state index is 12.0. The second kappa shape index (κ2) is 6.28. The van der Waals surface area contributed by atoms with E-state index in [1.807, 2.05) is 0 Å². The van der Waals surface area contributed by atoms with E-state index in [2.05, 4.69) is 21.5 Å². The molecule has 1 atom stereocenters. The topological polar surface area (TPSA) is 88.3 Å². The first-order chi connectivity index (χ1) is 9.47. The smallest absolute Gasteiger partial charge is 0.184 e. The zero-order chi connectivity index (χ0) is 14.8. The van der Waals surface area contributed by atoms with Crippen LogP contribution in [0.25, 0.3) is 0 Å². The summed E-state index contributed by atoms with van der Waals surface area (Å²) in [7, 11) is -3.33. The predicted molar refractivity (Wildman–Crippen MR) is 83.0 cm³/mol. The molecule has 20 heavy (non-hydrogen) atoms. The number of aromatic nitrogens is 1. The first kappa shape index (κ1) is 15.5. The Labute approximate surface area is 124 Å². The van der Waals surface area contributed by atoms with Gasteiger partial charge in [0.1, 0.15) is 9.90 Å². The fourth-order valence-corrected chi connectivity index (χ4v) is 4.63. The summed E-state index contributed by atoms with van der Waals surface area (Å²) in [5, 5.41) is 3.81. The van der Waals surface area contributed by atoms with Gasteiger partial charge in [0.25, 0.3) is 0 Å². The number of anilines is 2. The van der Waals surface area contributed by atoms with Gasteiger partial charge < -0.3 is 16.0 Å². The number of nitrogens with zero attached hydrogens (tertiary/aromatic N) is 2. The molecule has 1 unspecified atom stereocenters. The maximum Gasteiger partial charge on any atom is 0.184 e. The Morgan fingerprint density at radius 2 is 2.25 bits per heavy atom. The van der Waals surface area contributed by atoms with Crippen molar-refractivity contribution in [1.29, 1.82) is 0 Å². The van der Waals surface area contributed by atoms with Crippen molar-refractivity contribution < 1.29 is 8.42 Å². The van der Waals surface area contributed by atoms with Crippen LogP contribution in [0.3, 0.4) is 0 Å². The summed E-state index contributed by atoms with van der Waals surface area (Å²) in [5.41, 5.74) is 5.70. The second-order valence-electron chi connectivity index (χ2n) is 5.06. The summed E-state index contributed by atoms with van der Waals surface area (Å²) in [6.07, 6.45) is 1.14. The highest BCUT2D eigenvalue weighted by molar-refractivity contribution is 7.91. The van der Waals surface area contributed by atoms with Gasteiger partial charge in [0, 0.05) is 13.1 Å². The number of likely N-dealkylation sites (tertiary alicyclic amines) is 1. The minimum atomic E-state index is -3.33. The van der Waals surface area contributed by atoms with Crippen LogP contribution in [-0.2, 0) is 9.84 Å². The monoisotopic (exact) mass is 318 g/mol. The molecule has 1 aliphatic rings. The number of nitrogens with two attached hydrogens (primary N) is 1. The highest BCUT2D eigenvalue weighted by atomic mass is 32.2. The van der Waals surface area contributed by atoms with Crippen molar-refractivity contribution in [3.63, 3.8) is 0 Å². The average molecular weight is 318 g/mol. The Bertz CT molecular complexity index is 556. The van der Waals surface area contributed by atoms with Crippen LogP contribution < -0.4 is 11.1 Å². The molecule has 0 radical (unpaired) electrons. The molecule has 8 heteroatoms. The summed E-state index contributed by atoms with van der Waals surface area (Å²) in [4.78, 5) is 2.58. The standard InChI is InChI=1S/C12H22N4O2S2/c1-3-16-6-5-9(8-16)7-14-12-10(11(13)15-19-12)20(17,18)4-2/h9,14H,3-8H2,1-2H3,(H2,13,15). The number of nitrogen functional groups attached to an aromatic ring is 1. The molecule has 1 aliphatic heterocycles. The Morgan fingerprint density at radius 1 is 1.50 bits per heavy atom. The van der Waals surface area contributed by atoms with E-state index in [-0.39, 0.29) is 16.5 Å². The molecule has 0 saturated carbocycles. The molecule has 1 aromatic rings. The maximum atomic E-state index is 12.0. The van der Waals surface area contributed by atoms with E-state index < -0.39 is 9.84 Å². The van der Waals surface area contributed by atoms with Gasteiger partial charge in [0.15, 0.2) is 15.7 Å². The average Bonchev–Trinajstić information content (AvgIpc) is 3.03. The number of sulfone groups is 1. The van der Waals surface area contributed by atoms with Crippen molar-refractivity contribution >= 4 is 32.2 Å². The summed E-state index contributed by atoms with van der Waals surface area (Å²) < 4.78 is 28.0. The fraction of sp³-hybridized carbons (Fsp3) is 0.750. The van der Waals surface area contributed by atoms with Crippen LogP contribution in [0.15, 0.2) is 4.90 Å². The summed E-state index contributed by atoms with van der Waals surface area (Å²) in [5.74, 6) is 0.702. The van der Waals surface area contributed by atoms with Crippen LogP contribution in [0.2, 0.25) is 0 Å². The van der Waals surface area contributed by atoms with E-state index in [4.69, 9.17) is 5.73 Å². The molecule has 0 amide bonds. The summed E-state index contributed by atoms with van der Waals surface area (Å²) >= 11 is 1.13. The van der Waals surface area contributed by atoms with Gasteiger partial charge in [0.05, 0.1) is 5.75 Å². The lowest BCUT2D eigenvalue weighted by molar-refractivity contribution is 0.345. The Morgan fingerprint density at radius 3 is 2.85 bits per heavy atom. The van der Waals surface area contributed by atoms with Crippen LogP contribution in [0.4, 0.5) is 10.8 Å². The first-order valence-electron chi connectivity index (χ1n) is 6.92. The van der Waals surface area contributed by atoms with E-state index in [1.54, 1.807) is 6.92 Å². The Kier molecular flexibility index (Phi) is 4.87. The van der Waals surface area contributed by atoms with E-state index in [9.17, 15) is 8.42 Å². The van der Waals surface area contributed by atoms with Gasteiger partial charge in [-0.05, 0) is 37.0 Å². The third-order valence-corrected chi connectivity index (χ3v) is 6.48. The van der Waals surface area contributed by atoms with Crippen LogP contribution in [0, 0.1) is 5.92 Å². The number of hydrogen-bond donors (Lipinski definition) is 2. The van der Waals surface area contributed by atoms with E-state index in [1.165, 1.54) is 0 Å². The lowest BCUT2D eigenvalue weighted by Gasteiger charge is -2.14. The quantitative estimate of drug-likeness (QED) is 0.821. The molecule has 6 nitrogen and oxygen atoms in total. The third kappa shape index (κ3) is 3.24. The molecule has 1 saturated heterocycles. The summed E-state index contributed by atoms with van der Waals surface area (Å²) in [6.45, 7) is 7.79. The van der Waals surface area contributed by atoms with Gasteiger partial charge in [0.2, 0.25) is 0 Å². The van der Waals surface area contributed by atoms with E-state index in [0.29, 0.717) is 10.9 Å². The van der Waals surface area contributed by atoms with Crippen LogP contribution in [0.5, 0.6) is 0 Å². The van der Waals surface area contributed by atoms with Gasteiger partial charge in [-0.1, -0.05) is 13.8 Å². The molecular formula is C12H22N4O2S2.